The second kappa shape index (κ2) is 8.45. The van der Waals surface area contributed by atoms with Crippen LogP contribution in [-0.2, 0) is 14.3 Å². The molecule has 0 radical (unpaired) electrons. The molecule has 0 spiro atoms. The zero-order chi connectivity index (χ0) is 13.4. The van der Waals surface area contributed by atoms with Crippen molar-refractivity contribution in [3.63, 3.8) is 0 Å². The number of carbonyl (C=O) groups excluding carboxylic acids is 1. The topological polar surface area (TPSA) is 50.8 Å². The summed E-state index contributed by atoms with van der Waals surface area (Å²) in [6.45, 7) is 5.46. The van der Waals surface area contributed by atoms with Crippen LogP contribution in [-0.4, -0.2) is 63.9 Å². The highest BCUT2D eigenvalue weighted by Gasteiger charge is 2.30. The highest BCUT2D eigenvalue weighted by molar-refractivity contribution is 5.82. The minimum Gasteiger partial charge on any atom is -0.383 e. The van der Waals surface area contributed by atoms with Gasteiger partial charge in [0, 0.05) is 27.3 Å². The lowest BCUT2D eigenvalue weighted by Gasteiger charge is -2.33. The molecule has 0 aromatic rings. The molecule has 1 aliphatic heterocycles. The summed E-state index contributed by atoms with van der Waals surface area (Å²) in [4.78, 5) is 14.3. The van der Waals surface area contributed by atoms with E-state index in [0.717, 1.165) is 19.4 Å². The van der Waals surface area contributed by atoms with Crippen LogP contribution in [0, 0.1) is 5.92 Å². The van der Waals surface area contributed by atoms with Gasteiger partial charge < -0.3 is 19.7 Å². The first-order chi connectivity index (χ1) is 8.70. The minimum absolute atomic E-state index is 0.0486. The third-order valence-electron chi connectivity index (χ3n) is 3.48. The van der Waals surface area contributed by atoms with Crippen molar-refractivity contribution in [2.24, 2.45) is 5.92 Å². The van der Waals surface area contributed by atoms with Crippen LogP contribution in [0.2, 0.25) is 0 Å². The molecule has 1 N–H and O–H groups in total. The normalized spacial score (nSPS) is 23.9. The SMILES string of the molecule is COCCN(CCOC)C(=O)C1NCCCC1C. The summed E-state index contributed by atoms with van der Waals surface area (Å²) in [5, 5.41) is 3.33. The number of nitrogens with one attached hydrogen (secondary N) is 1. The summed E-state index contributed by atoms with van der Waals surface area (Å²) in [6, 6.07) is -0.0486. The molecule has 0 aromatic heterocycles. The van der Waals surface area contributed by atoms with Gasteiger partial charge in [0.2, 0.25) is 5.91 Å². The van der Waals surface area contributed by atoms with Gasteiger partial charge in [0.25, 0.3) is 0 Å². The average Bonchev–Trinajstić information content (AvgIpc) is 2.39. The van der Waals surface area contributed by atoms with Crippen LogP contribution >= 0.6 is 0 Å². The van der Waals surface area contributed by atoms with E-state index in [2.05, 4.69) is 12.2 Å². The molecule has 1 fully saturated rings. The number of ether oxygens (including phenoxy) is 2. The first-order valence-corrected chi connectivity index (χ1v) is 6.70. The van der Waals surface area contributed by atoms with Gasteiger partial charge in [-0.2, -0.15) is 0 Å². The maximum atomic E-state index is 12.5. The largest absolute Gasteiger partial charge is 0.383 e. The molecule has 1 aliphatic rings. The molecule has 5 heteroatoms. The van der Waals surface area contributed by atoms with E-state index in [4.69, 9.17) is 9.47 Å². The third kappa shape index (κ3) is 4.55. The first-order valence-electron chi connectivity index (χ1n) is 6.70. The number of carbonyl (C=O) groups is 1. The van der Waals surface area contributed by atoms with E-state index in [1.807, 2.05) is 4.90 Å². The van der Waals surface area contributed by atoms with Gasteiger partial charge in [0.1, 0.15) is 0 Å². The molecule has 5 nitrogen and oxygen atoms in total. The van der Waals surface area contributed by atoms with E-state index in [1.165, 1.54) is 0 Å². The predicted molar refractivity (Wildman–Crippen MR) is 70.5 cm³/mol. The predicted octanol–water partition coefficient (Wildman–Crippen LogP) is 0.496. The van der Waals surface area contributed by atoms with Gasteiger partial charge in [-0.05, 0) is 25.3 Å². The van der Waals surface area contributed by atoms with Gasteiger partial charge in [-0.15, -0.1) is 0 Å². The number of hydrogen-bond acceptors (Lipinski definition) is 4. The van der Waals surface area contributed by atoms with Crippen molar-refractivity contribution in [3.05, 3.63) is 0 Å². The lowest BCUT2D eigenvalue weighted by atomic mass is 9.92. The summed E-state index contributed by atoms with van der Waals surface area (Å²) in [6.07, 6.45) is 2.27. The van der Waals surface area contributed by atoms with Crippen molar-refractivity contribution in [3.8, 4) is 0 Å². The van der Waals surface area contributed by atoms with Crippen LogP contribution in [0.5, 0.6) is 0 Å². The Morgan fingerprint density at radius 3 is 2.39 bits per heavy atom. The Morgan fingerprint density at radius 2 is 1.89 bits per heavy atom. The number of amides is 1. The van der Waals surface area contributed by atoms with Gasteiger partial charge in [-0.3, -0.25) is 4.79 Å². The monoisotopic (exact) mass is 258 g/mol. The molecule has 0 saturated carbocycles. The molecule has 0 bridgehead atoms. The van der Waals surface area contributed by atoms with E-state index in [9.17, 15) is 4.79 Å². The standard InChI is InChI=1S/C13H26N2O3/c1-11-5-4-6-14-12(11)13(16)15(7-9-17-2)8-10-18-3/h11-12,14H,4-10H2,1-3H3. The van der Waals surface area contributed by atoms with Crippen LogP contribution in [0.25, 0.3) is 0 Å². The van der Waals surface area contributed by atoms with Crippen LogP contribution in [0.3, 0.4) is 0 Å². The van der Waals surface area contributed by atoms with Gasteiger partial charge >= 0.3 is 0 Å². The van der Waals surface area contributed by atoms with Gasteiger partial charge in [-0.25, -0.2) is 0 Å². The van der Waals surface area contributed by atoms with E-state index >= 15 is 0 Å². The Balaban J connectivity index is 2.55. The number of piperidine rings is 1. The lowest BCUT2D eigenvalue weighted by molar-refractivity contribution is -0.136. The lowest BCUT2D eigenvalue weighted by Crippen LogP contribution is -2.53. The quantitative estimate of drug-likeness (QED) is 0.722. The summed E-state index contributed by atoms with van der Waals surface area (Å²) in [7, 11) is 3.31. The summed E-state index contributed by atoms with van der Waals surface area (Å²) in [5.41, 5.74) is 0. The van der Waals surface area contributed by atoms with E-state index in [-0.39, 0.29) is 11.9 Å². The van der Waals surface area contributed by atoms with Crippen LogP contribution < -0.4 is 5.32 Å². The smallest absolute Gasteiger partial charge is 0.240 e. The van der Waals surface area contributed by atoms with Crippen LogP contribution in [0.15, 0.2) is 0 Å². The Bertz CT molecular complexity index is 240. The summed E-state index contributed by atoms with van der Waals surface area (Å²) >= 11 is 0. The maximum absolute atomic E-state index is 12.5. The van der Waals surface area contributed by atoms with Crippen molar-refractivity contribution in [1.82, 2.24) is 10.2 Å². The fraction of sp³-hybridized carbons (Fsp3) is 0.923. The second-order valence-electron chi connectivity index (χ2n) is 4.86. The molecule has 2 atom stereocenters. The number of hydrogen-bond donors (Lipinski definition) is 1. The molecule has 2 unspecified atom stereocenters. The second-order valence-corrected chi connectivity index (χ2v) is 4.86. The third-order valence-corrected chi connectivity index (χ3v) is 3.48. The molecule has 106 valence electrons. The van der Waals surface area contributed by atoms with Crippen LogP contribution in [0.4, 0.5) is 0 Å². The molecule has 1 amide bonds. The van der Waals surface area contributed by atoms with Gasteiger partial charge in [-0.1, -0.05) is 6.92 Å². The Kier molecular flexibility index (Phi) is 7.23. The molecular weight excluding hydrogens is 232 g/mol. The molecule has 1 heterocycles. The number of nitrogens with zero attached hydrogens (tertiary/aromatic N) is 1. The van der Waals surface area contributed by atoms with Crippen molar-refractivity contribution in [1.29, 1.82) is 0 Å². The Morgan fingerprint density at radius 1 is 1.28 bits per heavy atom. The van der Waals surface area contributed by atoms with E-state index in [0.29, 0.717) is 32.2 Å². The van der Waals surface area contributed by atoms with Crippen LogP contribution in [0.1, 0.15) is 19.8 Å². The van der Waals surface area contributed by atoms with Crippen molar-refractivity contribution in [2.75, 3.05) is 47.1 Å². The molecule has 18 heavy (non-hydrogen) atoms. The van der Waals surface area contributed by atoms with Crippen molar-refractivity contribution in [2.45, 2.75) is 25.8 Å². The van der Waals surface area contributed by atoms with E-state index in [1.54, 1.807) is 14.2 Å². The molecule has 1 saturated heterocycles. The molecule has 0 aromatic carbocycles. The highest BCUT2D eigenvalue weighted by Crippen LogP contribution is 2.17. The molecular formula is C13H26N2O3. The number of rotatable bonds is 7. The minimum atomic E-state index is -0.0486. The average molecular weight is 258 g/mol. The maximum Gasteiger partial charge on any atom is 0.240 e. The zero-order valence-corrected chi connectivity index (χ0v) is 11.8. The first kappa shape index (κ1) is 15.4. The molecule has 1 rings (SSSR count). The van der Waals surface area contributed by atoms with E-state index < -0.39 is 0 Å². The molecule has 0 aliphatic carbocycles. The fourth-order valence-electron chi connectivity index (χ4n) is 2.31. The fourth-order valence-corrected chi connectivity index (χ4v) is 2.31. The Labute approximate surface area is 110 Å². The van der Waals surface area contributed by atoms with Crippen molar-refractivity contribution < 1.29 is 14.3 Å². The van der Waals surface area contributed by atoms with Gasteiger partial charge in [0.15, 0.2) is 0 Å². The summed E-state index contributed by atoms with van der Waals surface area (Å²) in [5.74, 6) is 0.579. The highest BCUT2D eigenvalue weighted by atomic mass is 16.5. The van der Waals surface area contributed by atoms with Crippen molar-refractivity contribution >= 4 is 5.91 Å². The summed E-state index contributed by atoms with van der Waals surface area (Å²) < 4.78 is 10.1. The number of methoxy groups -OCH3 is 2. The zero-order valence-electron chi connectivity index (χ0n) is 11.8. The van der Waals surface area contributed by atoms with Gasteiger partial charge in [0.05, 0.1) is 19.3 Å². The Hall–Kier alpha value is -0.650.